The van der Waals surface area contributed by atoms with Crippen LogP contribution in [-0.4, -0.2) is 27.0 Å². The molecule has 14 heavy (non-hydrogen) atoms. The highest BCUT2D eigenvalue weighted by Gasteiger charge is 2.17. The van der Waals surface area contributed by atoms with Crippen molar-refractivity contribution in [2.24, 2.45) is 5.73 Å². The quantitative estimate of drug-likeness (QED) is 0.675. The normalized spacial score (nSPS) is 13.0. The van der Waals surface area contributed by atoms with Gasteiger partial charge in [0.25, 0.3) is 0 Å². The zero-order valence-corrected chi connectivity index (χ0v) is 7.69. The van der Waals surface area contributed by atoms with Gasteiger partial charge in [-0.2, -0.15) is 5.10 Å². The van der Waals surface area contributed by atoms with Gasteiger partial charge in [-0.3, -0.25) is 14.9 Å². The van der Waals surface area contributed by atoms with Crippen LogP contribution in [0, 0.1) is 0 Å². The van der Waals surface area contributed by atoms with Crippen LogP contribution in [0.5, 0.6) is 0 Å². The number of carbonyl (C=O) groups is 1. The van der Waals surface area contributed by atoms with E-state index < -0.39 is 6.04 Å². The molecule has 0 radical (unpaired) electrons. The number of ketones is 1. The minimum Gasteiger partial charge on any atom is -0.321 e. The van der Waals surface area contributed by atoms with Crippen molar-refractivity contribution >= 4 is 16.7 Å². The molecule has 0 spiro atoms. The number of hydrogen-bond acceptors (Lipinski definition) is 4. The van der Waals surface area contributed by atoms with E-state index in [1.165, 1.54) is 0 Å². The maximum absolute atomic E-state index is 11.6. The molecule has 3 N–H and O–H groups in total. The summed E-state index contributed by atoms with van der Waals surface area (Å²) in [5.74, 6) is -0.177. The minimum absolute atomic E-state index is 0.177. The number of carbonyl (C=O) groups excluding carboxylic acids is 1. The summed E-state index contributed by atoms with van der Waals surface area (Å²) in [4.78, 5) is 15.5. The second kappa shape index (κ2) is 3.19. The van der Waals surface area contributed by atoms with Gasteiger partial charge >= 0.3 is 0 Å². The third-order valence-corrected chi connectivity index (χ3v) is 2.01. The van der Waals surface area contributed by atoms with Crippen molar-refractivity contribution in [1.82, 2.24) is 15.2 Å². The molecule has 72 valence electrons. The summed E-state index contributed by atoms with van der Waals surface area (Å²) in [6.07, 6.45) is 3.25. The molecule has 1 atom stereocenters. The number of aromatic nitrogens is 3. The van der Waals surface area contributed by atoms with E-state index in [9.17, 15) is 4.79 Å². The molecule has 0 saturated heterocycles. The molecular formula is C9H10N4O. The molecule has 1 unspecified atom stereocenters. The number of rotatable bonds is 2. The van der Waals surface area contributed by atoms with Crippen molar-refractivity contribution in [3.63, 3.8) is 0 Å². The van der Waals surface area contributed by atoms with Gasteiger partial charge in [-0.1, -0.05) is 0 Å². The molecule has 0 aliphatic heterocycles. The standard InChI is InChI=1S/C9H10N4O/c1-5(10)9(14)8-6-4-11-3-2-7(6)12-13-8/h2-5H,10H2,1H3,(H,12,13). The first kappa shape index (κ1) is 8.83. The number of nitrogens with two attached hydrogens (primary N) is 1. The average molecular weight is 190 g/mol. The van der Waals surface area contributed by atoms with E-state index in [-0.39, 0.29) is 5.78 Å². The summed E-state index contributed by atoms with van der Waals surface area (Å²) in [5, 5.41) is 7.40. The molecule has 2 heterocycles. The first-order chi connectivity index (χ1) is 6.70. The summed E-state index contributed by atoms with van der Waals surface area (Å²) in [7, 11) is 0. The molecular weight excluding hydrogens is 180 g/mol. The van der Waals surface area contributed by atoms with Crippen LogP contribution < -0.4 is 5.73 Å². The SMILES string of the molecule is CC(N)C(=O)c1n[nH]c2ccncc12. The van der Waals surface area contributed by atoms with Crippen molar-refractivity contribution in [2.45, 2.75) is 13.0 Å². The number of fused-ring (bicyclic) bond motifs is 1. The van der Waals surface area contributed by atoms with Crippen molar-refractivity contribution in [3.05, 3.63) is 24.2 Å². The monoisotopic (exact) mass is 190 g/mol. The fourth-order valence-corrected chi connectivity index (χ4v) is 1.26. The van der Waals surface area contributed by atoms with Gasteiger partial charge in [0.2, 0.25) is 0 Å². The molecule has 2 aromatic heterocycles. The second-order valence-electron chi connectivity index (χ2n) is 3.15. The van der Waals surface area contributed by atoms with Crippen LogP contribution in [0.1, 0.15) is 17.4 Å². The fraction of sp³-hybridized carbons (Fsp3) is 0.222. The molecule has 0 aliphatic carbocycles. The number of Topliss-reactive ketones (excluding diaryl/α,β-unsaturated/α-hetero) is 1. The molecule has 0 fully saturated rings. The van der Waals surface area contributed by atoms with E-state index in [0.29, 0.717) is 5.69 Å². The van der Waals surface area contributed by atoms with Crippen LogP contribution in [0.15, 0.2) is 18.5 Å². The highest BCUT2D eigenvalue weighted by Crippen LogP contribution is 2.14. The predicted molar refractivity (Wildman–Crippen MR) is 51.9 cm³/mol. The van der Waals surface area contributed by atoms with Gasteiger partial charge in [0.05, 0.1) is 11.6 Å². The summed E-state index contributed by atoms with van der Waals surface area (Å²) in [6, 6.07) is 1.22. The fourth-order valence-electron chi connectivity index (χ4n) is 1.26. The summed E-state index contributed by atoms with van der Waals surface area (Å²) in [6.45, 7) is 1.64. The summed E-state index contributed by atoms with van der Waals surface area (Å²) in [5.41, 5.74) is 6.65. The van der Waals surface area contributed by atoms with Crippen molar-refractivity contribution in [3.8, 4) is 0 Å². The first-order valence-electron chi connectivity index (χ1n) is 4.28. The van der Waals surface area contributed by atoms with Crippen LogP contribution in [-0.2, 0) is 0 Å². The number of H-pyrrole nitrogens is 1. The van der Waals surface area contributed by atoms with Crippen molar-refractivity contribution in [2.75, 3.05) is 0 Å². The first-order valence-corrected chi connectivity index (χ1v) is 4.28. The van der Waals surface area contributed by atoms with Gasteiger partial charge in [0, 0.05) is 17.8 Å². The summed E-state index contributed by atoms with van der Waals surface area (Å²) >= 11 is 0. The Labute approximate surface area is 80.3 Å². The van der Waals surface area contributed by atoms with E-state index in [1.807, 2.05) is 0 Å². The van der Waals surface area contributed by atoms with Gasteiger partial charge in [-0.25, -0.2) is 0 Å². The number of pyridine rings is 1. The van der Waals surface area contributed by atoms with Crippen LogP contribution in [0.3, 0.4) is 0 Å². The number of nitrogens with zero attached hydrogens (tertiary/aromatic N) is 2. The smallest absolute Gasteiger partial charge is 0.200 e. The summed E-state index contributed by atoms with van der Waals surface area (Å²) < 4.78 is 0. The lowest BCUT2D eigenvalue weighted by Crippen LogP contribution is -2.27. The maximum atomic E-state index is 11.6. The molecule has 5 heteroatoms. The van der Waals surface area contributed by atoms with Crippen LogP contribution in [0.2, 0.25) is 0 Å². The second-order valence-corrected chi connectivity index (χ2v) is 3.15. The number of nitrogens with one attached hydrogen (secondary N) is 1. The Balaban J connectivity index is 2.58. The van der Waals surface area contributed by atoms with Gasteiger partial charge in [-0.15, -0.1) is 0 Å². The molecule has 0 aliphatic rings. The Morgan fingerprint density at radius 2 is 2.43 bits per heavy atom. The largest absolute Gasteiger partial charge is 0.321 e. The zero-order valence-electron chi connectivity index (χ0n) is 7.69. The molecule has 0 saturated carbocycles. The van der Waals surface area contributed by atoms with Gasteiger partial charge in [0.1, 0.15) is 5.69 Å². The Kier molecular flexibility index (Phi) is 2.01. The van der Waals surface area contributed by atoms with Gasteiger partial charge in [-0.05, 0) is 13.0 Å². The third-order valence-electron chi connectivity index (χ3n) is 2.01. The molecule has 0 aromatic carbocycles. The minimum atomic E-state index is -0.540. The zero-order chi connectivity index (χ0) is 10.1. The van der Waals surface area contributed by atoms with Gasteiger partial charge in [0.15, 0.2) is 5.78 Å². The topological polar surface area (TPSA) is 84.7 Å². The maximum Gasteiger partial charge on any atom is 0.200 e. The number of hydrogen-bond donors (Lipinski definition) is 2. The molecule has 2 rings (SSSR count). The van der Waals surface area contributed by atoms with Crippen molar-refractivity contribution in [1.29, 1.82) is 0 Å². The Hall–Kier alpha value is -1.75. The molecule has 0 amide bonds. The lowest BCUT2D eigenvalue weighted by molar-refractivity contribution is 0.0964. The molecule has 2 aromatic rings. The average Bonchev–Trinajstić information content (AvgIpc) is 2.60. The predicted octanol–water partition coefficient (Wildman–Crippen LogP) is 0.488. The third kappa shape index (κ3) is 1.27. The van der Waals surface area contributed by atoms with E-state index in [1.54, 1.807) is 25.4 Å². The Morgan fingerprint density at radius 1 is 1.64 bits per heavy atom. The lowest BCUT2D eigenvalue weighted by atomic mass is 10.1. The van der Waals surface area contributed by atoms with E-state index in [0.717, 1.165) is 10.9 Å². The Morgan fingerprint density at radius 3 is 3.14 bits per heavy atom. The van der Waals surface area contributed by atoms with Gasteiger partial charge < -0.3 is 5.73 Å². The van der Waals surface area contributed by atoms with E-state index >= 15 is 0 Å². The highest BCUT2D eigenvalue weighted by atomic mass is 16.1. The van der Waals surface area contributed by atoms with E-state index in [2.05, 4.69) is 15.2 Å². The van der Waals surface area contributed by atoms with Crippen LogP contribution in [0.25, 0.3) is 10.9 Å². The van der Waals surface area contributed by atoms with Crippen LogP contribution in [0.4, 0.5) is 0 Å². The highest BCUT2D eigenvalue weighted by molar-refractivity contribution is 6.07. The molecule has 5 nitrogen and oxygen atoms in total. The molecule has 0 bridgehead atoms. The Bertz CT molecular complexity index is 474. The van der Waals surface area contributed by atoms with Crippen molar-refractivity contribution < 1.29 is 4.79 Å². The van der Waals surface area contributed by atoms with Crippen LogP contribution >= 0.6 is 0 Å². The number of aromatic amines is 1. The van der Waals surface area contributed by atoms with E-state index in [4.69, 9.17) is 5.73 Å². The lowest BCUT2D eigenvalue weighted by Gasteiger charge is -1.99.